The van der Waals surface area contributed by atoms with E-state index in [4.69, 9.17) is 0 Å². The van der Waals surface area contributed by atoms with Crippen molar-refractivity contribution in [3.8, 4) is 0 Å². The van der Waals surface area contributed by atoms with E-state index in [1.54, 1.807) is 0 Å². The van der Waals surface area contributed by atoms with Crippen molar-refractivity contribution >= 4 is 0 Å². The van der Waals surface area contributed by atoms with Gasteiger partial charge in [-0.2, -0.15) is 0 Å². The minimum absolute atomic E-state index is 0.650. The van der Waals surface area contributed by atoms with Gasteiger partial charge in [0.1, 0.15) is 0 Å². The molecule has 1 aliphatic carbocycles. The molecule has 1 aliphatic rings. The van der Waals surface area contributed by atoms with E-state index in [9.17, 15) is 0 Å². The van der Waals surface area contributed by atoms with Gasteiger partial charge < -0.3 is 5.32 Å². The second-order valence-electron chi connectivity index (χ2n) is 5.51. The smallest absolute Gasteiger partial charge is 0.0192 e. The monoisotopic (exact) mass is 226 g/mol. The highest BCUT2D eigenvalue weighted by Gasteiger charge is 2.17. The largest absolute Gasteiger partial charge is 0.312 e. The lowest BCUT2D eigenvalue weighted by atomic mass is 9.95. The van der Waals surface area contributed by atoms with E-state index in [0.717, 1.165) is 12.6 Å². The summed E-state index contributed by atoms with van der Waals surface area (Å²) in [6.07, 6.45) is 8.31. The molecule has 0 aromatic carbocycles. The van der Waals surface area contributed by atoms with Crippen LogP contribution in [0.15, 0.2) is 0 Å². The molecule has 0 amide bonds. The van der Waals surface area contributed by atoms with Crippen LogP contribution in [0.5, 0.6) is 0 Å². The predicted octanol–water partition coefficient (Wildman–Crippen LogP) is 3.03. The van der Waals surface area contributed by atoms with Gasteiger partial charge in [-0.05, 0) is 40.2 Å². The van der Waals surface area contributed by atoms with Crippen molar-refractivity contribution in [1.82, 2.24) is 10.2 Å². The summed E-state index contributed by atoms with van der Waals surface area (Å²) in [6, 6.07) is 2.14. The van der Waals surface area contributed by atoms with Gasteiger partial charge in [0.2, 0.25) is 0 Å². The molecule has 0 aromatic rings. The lowest BCUT2D eigenvalue weighted by molar-refractivity contribution is 0.181. The number of likely N-dealkylation sites (N-methyl/N-ethyl adjacent to an activating group) is 1. The molecule has 0 radical (unpaired) electrons. The van der Waals surface area contributed by atoms with Crippen molar-refractivity contribution in [3.63, 3.8) is 0 Å². The van der Waals surface area contributed by atoms with Crippen LogP contribution in [-0.4, -0.2) is 36.6 Å². The van der Waals surface area contributed by atoms with Crippen molar-refractivity contribution in [2.24, 2.45) is 0 Å². The van der Waals surface area contributed by atoms with E-state index in [1.807, 2.05) is 0 Å². The fraction of sp³-hybridized carbons (Fsp3) is 1.00. The minimum Gasteiger partial charge on any atom is -0.312 e. The van der Waals surface area contributed by atoms with Crippen LogP contribution in [0.2, 0.25) is 0 Å². The Hall–Kier alpha value is -0.0800. The normalized spacial score (nSPS) is 22.3. The molecule has 0 saturated heterocycles. The van der Waals surface area contributed by atoms with Gasteiger partial charge in [0, 0.05) is 24.7 Å². The Morgan fingerprint density at radius 3 is 2.31 bits per heavy atom. The SMILES string of the molecule is CCC(C)N(C)C(C)CNC1CCCCC1. The summed E-state index contributed by atoms with van der Waals surface area (Å²) in [5.74, 6) is 0. The molecule has 1 rings (SSSR count). The molecule has 2 heteroatoms. The zero-order valence-electron chi connectivity index (χ0n) is 11.6. The van der Waals surface area contributed by atoms with Crippen LogP contribution in [0, 0.1) is 0 Å². The Balaban J connectivity index is 2.20. The van der Waals surface area contributed by atoms with Crippen molar-refractivity contribution in [3.05, 3.63) is 0 Å². The minimum atomic E-state index is 0.650. The number of hydrogen-bond acceptors (Lipinski definition) is 2. The lowest BCUT2D eigenvalue weighted by Crippen LogP contribution is -2.45. The van der Waals surface area contributed by atoms with Gasteiger partial charge in [-0.1, -0.05) is 26.2 Å². The molecule has 1 N–H and O–H groups in total. The lowest BCUT2D eigenvalue weighted by Gasteiger charge is -2.32. The fourth-order valence-corrected chi connectivity index (χ4v) is 2.51. The zero-order chi connectivity index (χ0) is 12.0. The molecule has 0 aromatic heterocycles. The van der Waals surface area contributed by atoms with Gasteiger partial charge in [0.15, 0.2) is 0 Å². The van der Waals surface area contributed by atoms with E-state index >= 15 is 0 Å². The van der Waals surface area contributed by atoms with Crippen LogP contribution in [0.3, 0.4) is 0 Å². The highest BCUT2D eigenvalue weighted by atomic mass is 15.2. The molecule has 2 atom stereocenters. The van der Waals surface area contributed by atoms with E-state index < -0.39 is 0 Å². The van der Waals surface area contributed by atoms with E-state index in [0.29, 0.717) is 12.1 Å². The third-order valence-corrected chi connectivity index (χ3v) is 4.29. The van der Waals surface area contributed by atoms with Gasteiger partial charge in [-0.25, -0.2) is 0 Å². The molecule has 0 heterocycles. The maximum Gasteiger partial charge on any atom is 0.0192 e. The highest BCUT2D eigenvalue weighted by molar-refractivity contribution is 4.76. The Morgan fingerprint density at radius 1 is 1.12 bits per heavy atom. The number of hydrogen-bond donors (Lipinski definition) is 1. The fourth-order valence-electron chi connectivity index (χ4n) is 2.51. The van der Waals surface area contributed by atoms with Crippen LogP contribution >= 0.6 is 0 Å². The third-order valence-electron chi connectivity index (χ3n) is 4.29. The predicted molar refractivity (Wildman–Crippen MR) is 71.9 cm³/mol. The van der Waals surface area contributed by atoms with Gasteiger partial charge in [0.25, 0.3) is 0 Å². The molecule has 0 spiro atoms. The maximum absolute atomic E-state index is 3.74. The molecule has 0 bridgehead atoms. The summed E-state index contributed by atoms with van der Waals surface area (Å²) in [7, 11) is 2.25. The summed E-state index contributed by atoms with van der Waals surface area (Å²) in [6.45, 7) is 8.06. The van der Waals surface area contributed by atoms with Crippen LogP contribution in [0.1, 0.15) is 59.3 Å². The second-order valence-corrected chi connectivity index (χ2v) is 5.51. The average molecular weight is 226 g/mol. The molecule has 1 fully saturated rings. The Labute approximate surface area is 102 Å². The first-order valence-corrected chi connectivity index (χ1v) is 7.10. The van der Waals surface area contributed by atoms with Gasteiger partial charge in [-0.15, -0.1) is 0 Å². The third kappa shape index (κ3) is 4.42. The first kappa shape index (κ1) is 14.0. The number of nitrogens with one attached hydrogen (secondary N) is 1. The summed E-state index contributed by atoms with van der Waals surface area (Å²) in [5, 5.41) is 3.74. The van der Waals surface area contributed by atoms with Crippen molar-refractivity contribution in [2.75, 3.05) is 13.6 Å². The molecule has 2 nitrogen and oxygen atoms in total. The van der Waals surface area contributed by atoms with Crippen molar-refractivity contribution in [1.29, 1.82) is 0 Å². The molecule has 96 valence electrons. The Morgan fingerprint density at radius 2 is 1.75 bits per heavy atom. The maximum atomic E-state index is 3.74. The Kier molecular flexibility index (Phi) is 6.37. The molecule has 16 heavy (non-hydrogen) atoms. The van der Waals surface area contributed by atoms with Crippen LogP contribution in [0.25, 0.3) is 0 Å². The highest BCUT2D eigenvalue weighted by Crippen LogP contribution is 2.17. The quantitative estimate of drug-likeness (QED) is 0.749. The van der Waals surface area contributed by atoms with Crippen LogP contribution in [-0.2, 0) is 0 Å². The van der Waals surface area contributed by atoms with Crippen molar-refractivity contribution < 1.29 is 0 Å². The molecular formula is C14H30N2. The van der Waals surface area contributed by atoms with Gasteiger partial charge in [0.05, 0.1) is 0 Å². The van der Waals surface area contributed by atoms with Crippen molar-refractivity contribution in [2.45, 2.75) is 77.4 Å². The summed E-state index contributed by atoms with van der Waals surface area (Å²) in [4.78, 5) is 2.50. The van der Waals surface area contributed by atoms with E-state index in [-0.39, 0.29) is 0 Å². The topological polar surface area (TPSA) is 15.3 Å². The summed E-state index contributed by atoms with van der Waals surface area (Å²) in [5.41, 5.74) is 0. The zero-order valence-corrected chi connectivity index (χ0v) is 11.6. The van der Waals surface area contributed by atoms with E-state index in [2.05, 4.69) is 38.0 Å². The number of nitrogens with zero attached hydrogens (tertiary/aromatic N) is 1. The Bertz CT molecular complexity index is 176. The summed E-state index contributed by atoms with van der Waals surface area (Å²) >= 11 is 0. The molecule has 2 unspecified atom stereocenters. The average Bonchev–Trinajstić information content (AvgIpc) is 2.35. The van der Waals surface area contributed by atoms with Crippen LogP contribution in [0.4, 0.5) is 0 Å². The van der Waals surface area contributed by atoms with E-state index in [1.165, 1.54) is 38.5 Å². The van der Waals surface area contributed by atoms with Crippen LogP contribution < -0.4 is 5.32 Å². The van der Waals surface area contributed by atoms with Gasteiger partial charge in [-0.3, -0.25) is 4.90 Å². The first-order chi connectivity index (χ1) is 7.65. The second kappa shape index (κ2) is 7.29. The summed E-state index contributed by atoms with van der Waals surface area (Å²) < 4.78 is 0. The van der Waals surface area contributed by atoms with Gasteiger partial charge >= 0.3 is 0 Å². The first-order valence-electron chi connectivity index (χ1n) is 7.10. The molecule has 0 aliphatic heterocycles. The molecular weight excluding hydrogens is 196 g/mol. The molecule has 1 saturated carbocycles. The number of rotatable bonds is 6. The standard InChI is InChI=1S/C14H30N2/c1-5-12(2)16(4)13(3)11-15-14-9-7-6-8-10-14/h12-15H,5-11H2,1-4H3.